The highest BCUT2D eigenvalue weighted by Gasteiger charge is 2.34. The Morgan fingerprint density at radius 2 is 1.62 bits per heavy atom. The number of halogens is 4. The van der Waals surface area contributed by atoms with Crippen molar-refractivity contribution < 1.29 is 37.0 Å². The van der Waals surface area contributed by atoms with Crippen LogP contribution in [0.15, 0.2) is 54.6 Å². The van der Waals surface area contributed by atoms with Crippen LogP contribution in [-0.4, -0.2) is 23.0 Å². The minimum atomic E-state index is -4.48. The molecule has 5 nitrogen and oxygen atoms in total. The number of carbonyl (C=O) groups is 2. The molecule has 0 bridgehead atoms. The largest absolute Gasteiger partial charge is 0.487 e. The van der Waals surface area contributed by atoms with E-state index in [0.29, 0.717) is 10.9 Å². The maximum Gasteiger partial charge on any atom is 0.416 e. The fraction of sp³-hybridized carbons (Fsp3) is 0.280. The van der Waals surface area contributed by atoms with Gasteiger partial charge in [-0.25, -0.2) is 9.18 Å². The van der Waals surface area contributed by atoms with Gasteiger partial charge in [-0.1, -0.05) is 45.0 Å². The number of carboxylic acids is 1. The number of benzene rings is 3. The summed E-state index contributed by atoms with van der Waals surface area (Å²) in [6.07, 6.45) is -4.48. The van der Waals surface area contributed by atoms with Gasteiger partial charge in [0.05, 0.1) is 11.1 Å². The van der Waals surface area contributed by atoms with Crippen molar-refractivity contribution >= 4 is 22.6 Å². The average Bonchev–Trinajstić information content (AvgIpc) is 2.74. The second-order valence-corrected chi connectivity index (χ2v) is 8.90. The molecule has 0 aromatic heterocycles. The molecule has 1 unspecified atom stereocenters. The summed E-state index contributed by atoms with van der Waals surface area (Å²) in [5.74, 6) is -2.55. The fourth-order valence-electron chi connectivity index (χ4n) is 3.40. The van der Waals surface area contributed by atoms with Gasteiger partial charge in [0.15, 0.2) is 0 Å². The molecule has 0 heterocycles. The number of aliphatic carboxylic acids is 1. The fourth-order valence-corrected chi connectivity index (χ4v) is 3.40. The number of ether oxygens (including phenoxy) is 1. The van der Waals surface area contributed by atoms with Crippen LogP contribution in [0.4, 0.5) is 17.6 Å². The monoisotopic (exact) mass is 477 g/mol. The Hall–Kier alpha value is -3.62. The summed E-state index contributed by atoms with van der Waals surface area (Å²) < 4.78 is 58.3. The molecule has 180 valence electrons. The normalized spacial score (nSPS) is 12.9. The van der Waals surface area contributed by atoms with Crippen molar-refractivity contribution in [2.24, 2.45) is 5.41 Å². The summed E-state index contributed by atoms with van der Waals surface area (Å²) in [6.45, 7) is 4.77. The molecule has 1 atom stereocenters. The van der Waals surface area contributed by atoms with E-state index in [1.54, 1.807) is 26.8 Å². The molecule has 3 aromatic carbocycles. The first kappa shape index (κ1) is 25.0. The Balaban J connectivity index is 1.98. The highest BCUT2D eigenvalue weighted by atomic mass is 19.4. The zero-order valence-corrected chi connectivity index (χ0v) is 18.7. The van der Waals surface area contributed by atoms with Gasteiger partial charge in [-0.2, -0.15) is 13.2 Å². The molecule has 0 spiro atoms. The SMILES string of the molecule is CC(C)(C)C(NC(=O)c1ccc2ccc(F)cc2c1OCc1ccc(C(F)(F)F)cc1)C(=O)O. The van der Waals surface area contributed by atoms with E-state index in [1.807, 2.05) is 0 Å². The quantitative estimate of drug-likeness (QED) is 0.440. The first-order chi connectivity index (χ1) is 15.8. The summed E-state index contributed by atoms with van der Waals surface area (Å²) in [5.41, 5.74) is -1.25. The molecule has 3 aromatic rings. The van der Waals surface area contributed by atoms with Gasteiger partial charge in [-0.05, 0) is 46.7 Å². The Labute approximate surface area is 193 Å². The second-order valence-electron chi connectivity index (χ2n) is 8.90. The molecule has 0 aliphatic heterocycles. The van der Waals surface area contributed by atoms with Crippen molar-refractivity contribution in [2.75, 3.05) is 0 Å². The van der Waals surface area contributed by atoms with Crippen molar-refractivity contribution in [3.8, 4) is 5.75 Å². The average molecular weight is 477 g/mol. The molecule has 2 N–H and O–H groups in total. The van der Waals surface area contributed by atoms with E-state index in [0.717, 1.165) is 12.1 Å². The van der Waals surface area contributed by atoms with Crippen LogP contribution in [-0.2, 0) is 17.6 Å². The predicted octanol–water partition coefficient (Wildman–Crippen LogP) is 5.81. The van der Waals surface area contributed by atoms with Gasteiger partial charge in [-0.15, -0.1) is 0 Å². The smallest absolute Gasteiger partial charge is 0.416 e. The third kappa shape index (κ3) is 5.65. The number of rotatable bonds is 6. The van der Waals surface area contributed by atoms with E-state index in [9.17, 15) is 32.3 Å². The molecule has 0 saturated heterocycles. The van der Waals surface area contributed by atoms with Gasteiger partial charge >= 0.3 is 12.1 Å². The molecule has 34 heavy (non-hydrogen) atoms. The number of hydrogen-bond donors (Lipinski definition) is 2. The highest BCUT2D eigenvalue weighted by Crippen LogP contribution is 2.33. The third-order valence-corrected chi connectivity index (χ3v) is 5.23. The number of alkyl halides is 3. The van der Waals surface area contributed by atoms with E-state index in [2.05, 4.69) is 5.32 Å². The lowest BCUT2D eigenvalue weighted by atomic mass is 9.86. The molecule has 3 rings (SSSR count). The van der Waals surface area contributed by atoms with Crippen LogP contribution in [0.25, 0.3) is 10.8 Å². The zero-order chi connectivity index (χ0) is 25.3. The number of fused-ring (bicyclic) bond motifs is 1. The maximum absolute atomic E-state index is 14.0. The molecule has 0 aliphatic carbocycles. The number of amides is 1. The van der Waals surface area contributed by atoms with Crippen LogP contribution in [0.5, 0.6) is 5.75 Å². The molecule has 0 radical (unpaired) electrons. The molecular weight excluding hydrogens is 454 g/mol. The van der Waals surface area contributed by atoms with E-state index < -0.39 is 40.9 Å². The van der Waals surface area contributed by atoms with Crippen LogP contribution in [0, 0.1) is 11.2 Å². The van der Waals surface area contributed by atoms with Gasteiger partial charge in [-0.3, -0.25) is 4.79 Å². The third-order valence-electron chi connectivity index (χ3n) is 5.23. The zero-order valence-electron chi connectivity index (χ0n) is 18.7. The first-order valence-corrected chi connectivity index (χ1v) is 10.3. The maximum atomic E-state index is 14.0. The van der Waals surface area contributed by atoms with Crippen LogP contribution in [0.3, 0.4) is 0 Å². The lowest BCUT2D eigenvalue weighted by molar-refractivity contribution is -0.142. The van der Waals surface area contributed by atoms with E-state index in [4.69, 9.17) is 4.74 Å². The molecular formula is C25H23F4NO4. The van der Waals surface area contributed by atoms with E-state index in [1.165, 1.54) is 36.4 Å². The number of carboxylic acid groups (broad SMARTS) is 1. The number of carbonyl (C=O) groups excluding carboxylic acids is 1. The lowest BCUT2D eigenvalue weighted by Gasteiger charge is -2.28. The molecule has 0 saturated carbocycles. The van der Waals surface area contributed by atoms with Crippen LogP contribution in [0.1, 0.15) is 42.3 Å². The van der Waals surface area contributed by atoms with E-state index >= 15 is 0 Å². The van der Waals surface area contributed by atoms with Crippen LogP contribution < -0.4 is 10.1 Å². The Morgan fingerprint density at radius 1 is 1.00 bits per heavy atom. The molecule has 1 amide bonds. The number of hydrogen-bond acceptors (Lipinski definition) is 3. The van der Waals surface area contributed by atoms with Gasteiger partial charge in [0.25, 0.3) is 5.91 Å². The standard InChI is InChI=1S/C25H23F4NO4/c1-24(2,3)21(23(32)33)30-22(31)18-11-7-15-6-10-17(26)12-19(15)20(18)34-13-14-4-8-16(9-5-14)25(27,28)29/h4-12,21H,13H2,1-3H3,(H,30,31)(H,32,33). The van der Waals surface area contributed by atoms with Crippen molar-refractivity contribution in [3.05, 3.63) is 77.1 Å². The summed E-state index contributed by atoms with van der Waals surface area (Å²) in [7, 11) is 0. The second kappa shape index (κ2) is 9.32. The first-order valence-electron chi connectivity index (χ1n) is 10.3. The number of nitrogens with one attached hydrogen (secondary N) is 1. The predicted molar refractivity (Wildman–Crippen MR) is 118 cm³/mol. The minimum absolute atomic E-state index is 0.00699. The molecule has 9 heteroatoms. The highest BCUT2D eigenvalue weighted by molar-refractivity contribution is 6.05. The van der Waals surface area contributed by atoms with Crippen molar-refractivity contribution in [2.45, 2.75) is 39.6 Å². The van der Waals surface area contributed by atoms with Crippen molar-refractivity contribution in [1.29, 1.82) is 0 Å². The summed E-state index contributed by atoms with van der Waals surface area (Å²) >= 11 is 0. The van der Waals surface area contributed by atoms with Crippen molar-refractivity contribution in [3.63, 3.8) is 0 Å². The Bertz CT molecular complexity index is 1210. The summed E-state index contributed by atoms with van der Waals surface area (Å²) in [4.78, 5) is 24.7. The lowest BCUT2D eigenvalue weighted by Crippen LogP contribution is -2.49. The minimum Gasteiger partial charge on any atom is -0.487 e. The van der Waals surface area contributed by atoms with Crippen molar-refractivity contribution in [1.82, 2.24) is 5.32 Å². The van der Waals surface area contributed by atoms with Gasteiger partial charge in [0.1, 0.15) is 24.2 Å². The van der Waals surface area contributed by atoms with Gasteiger partial charge in [0, 0.05) is 5.39 Å². The van der Waals surface area contributed by atoms with Crippen LogP contribution in [0.2, 0.25) is 0 Å². The molecule has 0 aliphatic rings. The van der Waals surface area contributed by atoms with Crippen LogP contribution >= 0.6 is 0 Å². The summed E-state index contributed by atoms with van der Waals surface area (Å²) in [6, 6.07) is 10.0. The van der Waals surface area contributed by atoms with E-state index in [-0.39, 0.29) is 23.3 Å². The Kier molecular flexibility index (Phi) is 6.86. The Morgan fingerprint density at radius 3 is 2.18 bits per heavy atom. The van der Waals surface area contributed by atoms with Gasteiger partial charge in [0.2, 0.25) is 0 Å². The summed E-state index contributed by atoms with van der Waals surface area (Å²) in [5, 5.41) is 12.8. The molecule has 0 fully saturated rings. The van der Waals surface area contributed by atoms with Gasteiger partial charge < -0.3 is 15.2 Å². The topological polar surface area (TPSA) is 75.6 Å².